The molecule has 1 aromatic carbocycles. The van der Waals surface area contributed by atoms with Gasteiger partial charge in [-0.25, -0.2) is 10.8 Å². The van der Waals surface area contributed by atoms with Crippen LogP contribution in [0.25, 0.3) is 0 Å². The third kappa shape index (κ3) is 3.50. The largest absolute Gasteiger partial charge is 0.380 e. The number of methoxy groups -OCH3 is 1. The average Bonchev–Trinajstić information content (AvgIpc) is 2.49. The molecule has 0 spiro atoms. The summed E-state index contributed by atoms with van der Waals surface area (Å²) in [6.07, 6.45) is 2.80. The van der Waals surface area contributed by atoms with Crippen molar-refractivity contribution in [2.45, 2.75) is 6.61 Å². The van der Waals surface area contributed by atoms with Crippen LogP contribution in [0.4, 0.5) is 11.5 Å². The molecule has 7 heteroatoms. The maximum Gasteiger partial charge on any atom is 0.275 e. The Morgan fingerprint density at radius 2 is 2.05 bits per heavy atom. The Morgan fingerprint density at radius 1 is 1.30 bits per heavy atom. The number of carbonyl (C=O) groups excluding carboxylic acids is 1. The highest BCUT2D eigenvalue weighted by Gasteiger charge is 2.09. The molecule has 4 N–H and O–H groups in total. The zero-order chi connectivity index (χ0) is 14.4. The van der Waals surface area contributed by atoms with E-state index in [1.807, 2.05) is 12.1 Å². The van der Waals surface area contributed by atoms with Gasteiger partial charge in [0, 0.05) is 12.8 Å². The number of aromatic nitrogens is 2. The van der Waals surface area contributed by atoms with E-state index in [0.717, 1.165) is 5.56 Å². The number of rotatable bonds is 5. The molecule has 0 saturated carbocycles. The van der Waals surface area contributed by atoms with Gasteiger partial charge in [0.25, 0.3) is 5.91 Å². The van der Waals surface area contributed by atoms with E-state index in [0.29, 0.717) is 18.1 Å². The van der Waals surface area contributed by atoms with Crippen LogP contribution in [0.3, 0.4) is 0 Å². The van der Waals surface area contributed by atoms with Crippen LogP contribution in [0.2, 0.25) is 0 Å². The molecule has 7 nitrogen and oxygen atoms in total. The van der Waals surface area contributed by atoms with Crippen LogP contribution in [0, 0.1) is 0 Å². The van der Waals surface area contributed by atoms with Gasteiger partial charge in [-0.3, -0.25) is 9.78 Å². The molecule has 1 amide bonds. The van der Waals surface area contributed by atoms with E-state index < -0.39 is 0 Å². The molecule has 0 bridgehead atoms. The Hall–Kier alpha value is -2.51. The third-order valence-corrected chi connectivity index (χ3v) is 2.54. The topological polar surface area (TPSA) is 102 Å². The fraction of sp³-hybridized carbons (Fsp3) is 0.154. The summed E-state index contributed by atoms with van der Waals surface area (Å²) in [5.74, 6) is 5.19. The van der Waals surface area contributed by atoms with Gasteiger partial charge in [0.2, 0.25) is 0 Å². The molecular formula is C13H15N5O2. The van der Waals surface area contributed by atoms with Crippen molar-refractivity contribution in [1.82, 2.24) is 9.97 Å². The molecule has 20 heavy (non-hydrogen) atoms. The van der Waals surface area contributed by atoms with Crippen molar-refractivity contribution in [3.05, 3.63) is 47.9 Å². The van der Waals surface area contributed by atoms with E-state index >= 15 is 0 Å². The molecular weight excluding hydrogens is 258 g/mol. The van der Waals surface area contributed by atoms with Crippen molar-refractivity contribution in [2.75, 3.05) is 17.9 Å². The van der Waals surface area contributed by atoms with Crippen molar-refractivity contribution in [2.24, 2.45) is 5.84 Å². The second-order valence-electron chi connectivity index (χ2n) is 4.02. The number of amides is 1. The lowest BCUT2D eigenvalue weighted by molar-refractivity contribution is 0.102. The maximum absolute atomic E-state index is 12.0. The second-order valence-corrected chi connectivity index (χ2v) is 4.02. The fourth-order valence-electron chi connectivity index (χ4n) is 1.59. The summed E-state index contributed by atoms with van der Waals surface area (Å²) in [6.45, 7) is 0.532. The van der Waals surface area contributed by atoms with E-state index in [1.54, 1.807) is 19.2 Å². The maximum atomic E-state index is 12.0. The predicted molar refractivity (Wildman–Crippen MR) is 75.0 cm³/mol. The van der Waals surface area contributed by atoms with Gasteiger partial charge >= 0.3 is 0 Å². The number of carbonyl (C=O) groups is 1. The van der Waals surface area contributed by atoms with Gasteiger partial charge in [-0.05, 0) is 17.7 Å². The molecule has 1 aromatic heterocycles. The second kappa shape index (κ2) is 6.60. The Labute approximate surface area is 116 Å². The molecule has 0 atom stereocenters. The summed E-state index contributed by atoms with van der Waals surface area (Å²) in [6, 6.07) is 7.35. The minimum atomic E-state index is -0.353. The van der Waals surface area contributed by atoms with Crippen molar-refractivity contribution >= 4 is 17.4 Å². The van der Waals surface area contributed by atoms with E-state index in [2.05, 4.69) is 20.7 Å². The molecule has 1 heterocycles. The zero-order valence-electron chi connectivity index (χ0n) is 11.0. The first-order chi connectivity index (χ1) is 9.72. The van der Waals surface area contributed by atoms with Crippen LogP contribution < -0.4 is 16.6 Å². The fourth-order valence-corrected chi connectivity index (χ4v) is 1.59. The Balaban J connectivity index is 2.06. The van der Waals surface area contributed by atoms with Crippen molar-refractivity contribution < 1.29 is 9.53 Å². The lowest BCUT2D eigenvalue weighted by Gasteiger charge is -2.06. The summed E-state index contributed by atoms with van der Waals surface area (Å²) in [7, 11) is 1.63. The highest BCUT2D eigenvalue weighted by atomic mass is 16.5. The Kier molecular flexibility index (Phi) is 4.59. The molecule has 2 rings (SSSR count). The monoisotopic (exact) mass is 273 g/mol. The summed E-state index contributed by atoms with van der Waals surface area (Å²) < 4.78 is 5.02. The normalized spacial score (nSPS) is 10.1. The first-order valence-electron chi connectivity index (χ1n) is 5.91. The lowest BCUT2D eigenvalue weighted by Crippen LogP contribution is -2.16. The van der Waals surface area contributed by atoms with Crippen LogP contribution in [0.1, 0.15) is 16.1 Å². The van der Waals surface area contributed by atoms with Crippen LogP contribution in [0.5, 0.6) is 0 Å². The van der Waals surface area contributed by atoms with Gasteiger partial charge < -0.3 is 15.5 Å². The summed E-state index contributed by atoms with van der Waals surface area (Å²) in [5.41, 5.74) is 4.22. The highest BCUT2D eigenvalue weighted by molar-refractivity contribution is 6.02. The number of hydrogen-bond acceptors (Lipinski definition) is 6. The molecule has 0 radical (unpaired) electrons. The molecule has 2 aromatic rings. The van der Waals surface area contributed by atoms with E-state index in [4.69, 9.17) is 10.6 Å². The summed E-state index contributed by atoms with van der Waals surface area (Å²) in [4.78, 5) is 19.9. The van der Waals surface area contributed by atoms with Gasteiger partial charge in [-0.1, -0.05) is 12.1 Å². The highest BCUT2D eigenvalue weighted by Crippen LogP contribution is 2.11. The van der Waals surface area contributed by atoms with E-state index in [9.17, 15) is 4.79 Å². The summed E-state index contributed by atoms with van der Waals surface area (Å²) >= 11 is 0. The summed E-state index contributed by atoms with van der Waals surface area (Å²) in [5, 5.41) is 2.73. The van der Waals surface area contributed by atoms with Crippen molar-refractivity contribution in [1.29, 1.82) is 0 Å². The number of nitrogens with one attached hydrogen (secondary N) is 2. The van der Waals surface area contributed by atoms with Gasteiger partial charge in [-0.2, -0.15) is 0 Å². The quantitative estimate of drug-likeness (QED) is 0.558. The minimum Gasteiger partial charge on any atom is -0.380 e. The van der Waals surface area contributed by atoms with Crippen LogP contribution in [0.15, 0.2) is 36.7 Å². The van der Waals surface area contributed by atoms with Crippen LogP contribution in [-0.4, -0.2) is 23.0 Å². The van der Waals surface area contributed by atoms with Gasteiger partial charge in [-0.15, -0.1) is 0 Å². The minimum absolute atomic E-state index is 0.182. The molecule has 0 aliphatic carbocycles. The van der Waals surface area contributed by atoms with Crippen molar-refractivity contribution in [3.8, 4) is 0 Å². The number of benzene rings is 1. The zero-order valence-corrected chi connectivity index (χ0v) is 11.0. The van der Waals surface area contributed by atoms with Crippen molar-refractivity contribution in [3.63, 3.8) is 0 Å². The van der Waals surface area contributed by atoms with E-state index in [-0.39, 0.29) is 11.6 Å². The first kappa shape index (κ1) is 13.9. The van der Waals surface area contributed by atoms with Crippen LogP contribution >= 0.6 is 0 Å². The molecule has 0 unspecified atom stereocenters. The number of nitrogen functional groups attached to an aromatic ring is 1. The Bertz CT molecular complexity index is 586. The number of anilines is 2. The third-order valence-electron chi connectivity index (χ3n) is 2.54. The van der Waals surface area contributed by atoms with Gasteiger partial charge in [0.05, 0.1) is 19.0 Å². The van der Waals surface area contributed by atoms with Gasteiger partial charge in [0.1, 0.15) is 5.69 Å². The van der Waals surface area contributed by atoms with Gasteiger partial charge in [0.15, 0.2) is 5.82 Å². The predicted octanol–water partition coefficient (Wildman–Crippen LogP) is 1.16. The molecule has 0 saturated heterocycles. The number of ether oxygens (including phenoxy) is 1. The molecule has 104 valence electrons. The smallest absolute Gasteiger partial charge is 0.275 e. The Morgan fingerprint density at radius 3 is 2.70 bits per heavy atom. The molecule has 0 aliphatic rings. The first-order valence-corrected chi connectivity index (χ1v) is 5.91. The lowest BCUT2D eigenvalue weighted by atomic mass is 10.2. The molecule has 0 fully saturated rings. The van der Waals surface area contributed by atoms with E-state index in [1.165, 1.54) is 12.4 Å². The standard InChI is InChI=1S/C13H15N5O2/c1-20-8-9-2-4-10(5-3-9)16-13(19)11-6-15-7-12(17-11)18-14/h2-7H,8,14H2,1H3,(H,16,19)(H,17,18). The number of hydrogen-bond donors (Lipinski definition) is 3. The number of nitrogens with zero attached hydrogens (tertiary/aromatic N) is 2. The van der Waals surface area contributed by atoms with Crippen LogP contribution in [-0.2, 0) is 11.3 Å². The number of hydrazine groups is 1. The molecule has 0 aliphatic heterocycles. The number of nitrogens with two attached hydrogens (primary N) is 1. The SMILES string of the molecule is COCc1ccc(NC(=O)c2cncc(NN)n2)cc1. The average molecular weight is 273 g/mol.